The van der Waals surface area contributed by atoms with E-state index in [0.29, 0.717) is 30.9 Å². The molecule has 0 radical (unpaired) electrons. The number of pyridine rings is 1. The summed E-state index contributed by atoms with van der Waals surface area (Å²) in [4.78, 5) is 70.5. The molecule has 3 aromatic rings. The lowest BCUT2D eigenvalue weighted by molar-refractivity contribution is -0.133. The first kappa shape index (κ1) is 38.3. The highest BCUT2D eigenvalue weighted by Crippen LogP contribution is 2.28. The highest BCUT2D eigenvalue weighted by molar-refractivity contribution is 5.98. The summed E-state index contributed by atoms with van der Waals surface area (Å²) in [5.74, 6) is -2.98. The van der Waals surface area contributed by atoms with Crippen molar-refractivity contribution in [3.8, 4) is 11.5 Å². The third kappa shape index (κ3) is 11.8. The molecule has 1 aromatic heterocycles. The molecule has 0 aliphatic carbocycles. The molecule has 4 rings (SSSR count). The lowest BCUT2D eigenvalue weighted by atomic mass is 10.00. The predicted octanol–water partition coefficient (Wildman–Crippen LogP) is 2.23. The Morgan fingerprint density at radius 1 is 0.961 bits per heavy atom. The first-order valence-corrected chi connectivity index (χ1v) is 16.9. The first-order chi connectivity index (χ1) is 24.5. The molecule has 1 aliphatic rings. The molecule has 5 amide bonds. The zero-order valence-corrected chi connectivity index (χ0v) is 29.0. The number of ether oxygens (including phenoxy) is 2. The zero-order chi connectivity index (χ0) is 36.8. The van der Waals surface area contributed by atoms with Gasteiger partial charge in [-0.15, -0.1) is 0 Å². The van der Waals surface area contributed by atoms with E-state index in [1.165, 1.54) is 13.3 Å². The smallest absolute Gasteiger partial charge is 0.257 e. The van der Waals surface area contributed by atoms with Crippen molar-refractivity contribution in [2.24, 2.45) is 5.92 Å². The van der Waals surface area contributed by atoms with E-state index >= 15 is 0 Å². The number of amides is 5. The van der Waals surface area contributed by atoms with Crippen LogP contribution in [0.15, 0.2) is 67.0 Å². The van der Waals surface area contributed by atoms with Crippen LogP contribution in [0.1, 0.15) is 54.6 Å². The van der Waals surface area contributed by atoms with Gasteiger partial charge in [-0.25, -0.2) is 4.39 Å². The number of nitrogens with one attached hydrogen (secondary N) is 5. The summed E-state index contributed by atoms with van der Waals surface area (Å²) in [7, 11) is 1.50. The average molecular weight is 705 g/mol. The summed E-state index contributed by atoms with van der Waals surface area (Å²) in [6.07, 6.45) is 3.69. The van der Waals surface area contributed by atoms with E-state index in [-0.39, 0.29) is 49.8 Å². The summed E-state index contributed by atoms with van der Waals surface area (Å²) in [6.45, 7) is 3.79. The number of aryl methyl sites for hydroxylation is 1. The number of hydrogen-bond acceptors (Lipinski definition) is 8. The van der Waals surface area contributed by atoms with Crippen LogP contribution in [0.4, 0.5) is 4.39 Å². The molecule has 0 spiro atoms. The molecule has 0 saturated carbocycles. The van der Waals surface area contributed by atoms with Gasteiger partial charge in [0, 0.05) is 25.7 Å². The standard InChI is InChI=1S/C37H45FN6O7/c1-23(2)33-37(49)41-16-7-11-25-13-14-30(50-3)31(18-25)51-22-32(45)40-15-8-12-28(42-34(46)26-19-27(38)21-39-20-26)35(47)43-29(36(48)44-33)17-24-9-5-4-6-10-24/h4-6,9-10,13-14,18-21,23,28-29,33H,7-8,11-12,15-17,22H2,1-3H3,(H,40,45)(H,41,49)(H,42,46)(H,43,47)(H,44,48)/t28-,29-,33+/m0/s1. The number of carbonyl (C=O) groups excluding carboxylic acids is 5. The van der Waals surface area contributed by atoms with Gasteiger partial charge in [-0.1, -0.05) is 50.2 Å². The van der Waals surface area contributed by atoms with Gasteiger partial charge in [0.05, 0.1) is 18.9 Å². The van der Waals surface area contributed by atoms with Crippen molar-refractivity contribution in [1.82, 2.24) is 31.6 Å². The van der Waals surface area contributed by atoms with Crippen molar-refractivity contribution >= 4 is 29.5 Å². The van der Waals surface area contributed by atoms with Crippen LogP contribution >= 0.6 is 0 Å². The minimum Gasteiger partial charge on any atom is -0.493 e. The summed E-state index contributed by atoms with van der Waals surface area (Å²) < 4.78 is 25.0. The average Bonchev–Trinajstić information content (AvgIpc) is 3.12. The molecule has 1 aliphatic heterocycles. The molecule has 3 atom stereocenters. The maximum absolute atomic E-state index is 13.9. The largest absolute Gasteiger partial charge is 0.493 e. The monoisotopic (exact) mass is 704 g/mol. The Morgan fingerprint density at radius 2 is 1.73 bits per heavy atom. The Kier molecular flexibility index (Phi) is 14.3. The van der Waals surface area contributed by atoms with E-state index in [1.54, 1.807) is 24.3 Å². The number of halogens is 1. The van der Waals surface area contributed by atoms with Gasteiger partial charge < -0.3 is 36.1 Å². The van der Waals surface area contributed by atoms with Crippen LogP contribution in [0.5, 0.6) is 11.5 Å². The molecule has 0 saturated heterocycles. The molecule has 13 nitrogen and oxygen atoms in total. The molecule has 0 fully saturated rings. The van der Waals surface area contributed by atoms with Crippen LogP contribution in [0.3, 0.4) is 0 Å². The Bertz CT molecular complexity index is 1670. The first-order valence-electron chi connectivity index (χ1n) is 16.9. The molecule has 51 heavy (non-hydrogen) atoms. The number of hydrogen-bond donors (Lipinski definition) is 5. The van der Waals surface area contributed by atoms with Gasteiger partial charge in [0.25, 0.3) is 11.8 Å². The fraction of sp³-hybridized carbons (Fsp3) is 0.405. The summed E-state index contributed by atoms with van der Waals surface area (Å²) >= 11 is 0. The maximum Gasteiger partial charge on any atom is 0.257 e. The molecular weight excluding hydrogens is 659 g/mol. The molecule has 2 heterocycles. The van der Waals surface area contributed by atoms with Crippen molar-refractivity contribution < 1.29 is 37.8 Å². The van der Waals surface area contributed by atoms with E-state index in [4.69, 9.17) is 9.47 Å². The highest BCUT2D eigenvalue weighted by atomic mass is 19.1. The second kappa shape index (κ2) is 19.0. The number of carbonyl (C=O) groups is 5. The minimum absolute atomic E-state index is 0.0496. The van der Waals surface area contributed by atoms with Crippen molar-refractivity contribution in [2.75, 3.05) is 26.8 Å². The van der Waals surface area contributed by atoms with Crippen LogP contribution in [0.25, 0.3) is 0 Å². The number of benzene rings is 2. The Labute approximate surface area is 296 Å². The van der Waals surface area contributed by atoms with Crippen molar-refractivity contribution in [3.63, 3.8) is 0 Å². The summed E-state index contributed by atoms with van der Waals surface area (Å²) in [5.41, 5.74) is 1.57. The van der Waals surface area contributed by atoms with E-state index in [2.05, 4.69) is 31.6 Å². The maximum atomic E-state index is 13.9. The molecule has 2 aromatic carbocycles. The zero-order valence-electron chi connectivity index (χ0n) is 29.0. The van der Waals surface area contributed by atoms with Crippen molar-refractivity contribution in [2.45, 2.75) is 64.1 Å². The Morgan fingerprint density at radius 3 is 2.45 bits per heavy atom. The molecular formula is C37H45FN6O7. The lowest BCUT2D eigenvalue weighted by Gasteiger charge is -2.27. The van der Waals surface area contributed by atoms with Gasteiger partial charge in [0.1, 0.15) is 23.9 Å². The van der Waals surface area contributed by atoms with E-state index in [9.17, 15) is 28.4 Å². The normalized spacial score (nSPS) is 19.9. The van der Waals surface area contributed by atoms with Crippen LogP contribution in [0.2, 0.25) is 0 Å². The van der Waals surface area contributed by atoms with Gasteiger partial charge in [-0.2, -0.15) is 0 Å². The minimum atomic E-state index is -1.19. The Balaban J connectivity index is 1.61. The Hall–Kier alpha value is -5.53. The topological polar surface area (TPSA) is 177 Å². The van der Waals surface area contributed by atoms with Gasteiger partial charge in [0.2, 0.25) is 17.7 Å². The summed E-state index contributed by atoms with van der Waals surface area (Å²) in [6, 6.07) is 12.2. The third-order valence-corrected chi connectivity index (χ3v) is 8.27. The third-order valence-electron chi connectivity index (χ3n) is 8.27. The number of methoxy groups -OCH3 is 1. The SMILES string of the molecule is COc1ccc2cc1OCC(=O)NCCC[C@H](NC(=O)c1cncc(F)c1)C(=O)N[C@@H](Cc1ccccc1)C(=O)N[C@H](C(C)C)C(=O)NCCC2. The van der Waals surface area contributed by atoms with Gasteiger partial charge in [-0.05, 0) is 60.9 Å². The molecule has 14 heteroatoms. The van der Waals surface area contributed by atoms with Crippen molar-refractivity contribution in [3.05, 3.63) is 89.5 Å². The van der Waals surface area contributed by atoms with Crippen LogP contribution in [0, 0.1) is 11.7 Å². The molecule has 272 valence electrons. The fourth-order valence-electron chi connectivity index (χ4n) is 5.50. The fourth-order valence-corrected chi connectivity index (χ4v) is 5.50. The quantitative estimate of drug-likeness (QED) is 0.260. The predicted molar refractivity (Wildman–Crippen MR) is 186 cm³/mol. The van der Waals surface area contributed by atoms with Gasteiger partial charge in [0.15, 0.2) is 18.1 Å². The van der Waals surface area contributed by atoms with Crippen LogP contribution in [-0.4, -0.2) is 79.5 Å². The number of aromatic nitrogens is 1. The van der Waals surface area contributed by atoms with Gasteiger partial charge in [-0.3, -0.25) is 29.0 Å². The van der Waals surface area contributed by atoms with E-state index in [0.717, 1.165) is 23.4 Å². The van der Waals surface area contributed by atoms with Crippen molar-refractivity contribution in [1.29, 1.82) is 0 Å². The second-order valence-electron chi connectivity index (χ2n) is 12.6. The van der Waals surface area contributed by atoms with Crippen LogP contribution in [-0.2, 0) is 32.0 Å². The molecule has 2 bridgehead atoms. The summed E-state index contributed by atoms with van der Waals surface area (Å²) in [5, 5.41) is 13.9. The second-order valence-corrected chi connectivity index (χ2v) is 12.6. The number of fused-ring (bicyclic) bond motifs is 2. The number of rotatable bonds is 6. The molecule has 5 N–H and O–H groups in total. The lowest BCUT2D eigenvalue weighted by Crippen LogP contribution is -2.58. The van der Waals surface area contributed by atoms with Crippen LogP contribution < -0.4 is 36.1 Å². The van der Waals surface area contributed by atoms with E-state index < -0.39 is 47.6 Å². The number of nitrogens with zero attached hydrogens (tertiary/aromatic N) is 1. The van der Waals surface area contributed by atoms with E-state index in [1.807, 2.05) is 38.1 Å². The molecule has 0 unspecified atom stereocenters. The van der Waals surface area contributed by atoms with Gasteiger partial charge >= 0.3 is 0 Å². The highest BCUT2D eigenvalue weighted by Gasteiger charge is 2.31.